The molecule has 4 N–H and O–H groups in total. The van der Waals surface area contributed by atoms with E-state index in [1.807, 2.05) is 42.6 Å². The second-order valence-corrected chi connectivity index (χ2v) is 10.5. The van der Waals surface area contributed by atoms with Gasteiger partial charge in [0.05, 0.1) is 6.10 Å². The van der Waals surface area contributed by atoms with Crippen molar-refractivity contribution in [1.82, 2.24) is 19.4 Å². The summed E-state index contributed by atoms with van der Waals surface area (Å²) in [4.78, 5) is 26.3. The number of pyridine rings is 1. The van der Waals surface area contributed by atoms with Crippen LogP contribution in [0.2, 0.25) is 0 Å². The predicted molar refractivity (Wildman–Crippen MR) is 149 cm³/mol. The number of benzene rings is 1. The normalized spacial score (nSPS) is 23.6. The van der Waals surface area contributed by atoms with E-state index in [2.05, 4.69) is 26.3 Å². The first-order valence-electron chi connectivity index (χ1n) is 13.3. The van der Waals surface area contributed by atoms with Crippen LogP contribution in [-0.2, 0) is 14.9 Å². The zero-order valence-electron chi connectivity index (χ0n) is 21.7. The van der Waals surface area contributed by atoms with Gasteiger partial charge in [0.1, 0.15) is 28.7 Å². The van der Waals surface area contributed by atoms with E-state index in [4.69, 9.17) is 15.5 Å². The van der Waals surface area contributed by atoms with Crippen LogP contribution in [0.4, 0.5) is 11.6 Å². The third-order valence-electron chi connectivity index (χ3n) is 8.18. The van der Waals surface area contributed by atoms with E-state index in [1.165, 1.54) is 6.08 Å². The van der Waals surface area contributed by atoms with Crippen molar-refractivity contribution in [3.63, 3.8) is 0 Å². The van der Waals surface area contributed by atoms with Crippen LogP contribution in [-0.4, -0.2) is 43.0 Å². The Morgan fingerprint density at radius 1 is 1.21 bits per heavy atom. The highest BCUT2D eigenvalue weighted by Gasteiger charge is 2.46. The molecule has 1 saturated heterocycles. The Balaban J connectivity index is 1.37. The Morgan fingerprint density at radius 3 is 2.82 bits per heavy atom. The molecule has 1 aliphatic heterocycles. The maximum atomic E-state index is 12.5. The molecule has 9 nitrogen and oxygen atoms in total. The maximum absolute atomic E-state index is 12.5. The number of nitrogens with two attached hydrogens (primary N) is 1. The van der Waals surface area contributed by atoms with Crippen LogP contribution in [0.25, 0.3) is 16.8 Å². The Hall–Kier alpha value is -4.08. The van der Waals surface area contributed by atoms with Crippen molar-refractivity contribution in [2.75, 3.05) is 17.7 Å². The van der Waals surface area contributed by atoms with Crippen LogP contribution in [0.3, 0.4) is 0 Å². The van der Waals surface area contributed by atoms with Gasteiger partial charge >= 0.3 is 0 Å². The van der Waals surface area contributed by atoms with E-state index in [0.717, 1.165) is 48.3 Å². The van der Waals surface area contributed by atoms with Gasteiger partial charge < -0.3 is 20.9 Å². The maximum Gasteiger partial charge on any atom is 0.158 e. The molecular formula is C30H32N6O3. The summed E-state index contributed by atoms with van der Waals surface area (Å²) in [6.45, 7) is 4.33. The lowest BCUT2D eigenvalue weighted by Gasteiger charge is -2.38. The van der Waals surface area contributed by atoms with Crippen molar-refractivity contribution in [2.45, 2.75) is 49.9 Å². The standard InChI is InChI=1S/C30H32N6O3/c1-2-23(37)21-10-11-30(12-16-39-22(17-21)18-30)29-35-25(26-27(31)33-14-15-36(26)29)19-6-8-20(9-7-19)28(38)34-24-5-3-4-13-32-24/h2-9,13-15,21-22,28,38H,1,10-12,16-18H2,(H2,31,33)(H,32,34)/t21?,22-,28?,30+/m1/s1. The monoisotopic (exact) mass is 524 g/mol. The van der Waals surface area contributed by atoms with Gasteiger partial charge in [0.2, 0.25) is 0 Å². The molecular weight excluding hydrogens is 492 g/mol. The summed E-state index contributed by atoms with van der Waals surface area (Å²) in [5, 5.41) is 13.7. The van der Waals surface area contributed by atoms with E-state index in [1.54, 1.807) is 18.5 Å². The average Bonchev–Trinajstić information content (AvgIpc) is 3.31. The van der Waals surface area contributed by atoms with E-state index in [0.29, 0.717) is 30.2 Å². The molecule has 4 aromatic rings. The molecule has 39 heavy (non-hydrogen) atoms. The molecule has 0 amide bonds. The molecule has 1 saturated carbocycles. The Kier molecular flexibility index (Phi) is 6.62. The molecule has 6 rings (SSSR count). The van der Waals surface area contributed by atoms with Gasteiger partial charge in [-0.3, -0.25) is 9.20 Å². The summed E-state index contributed by atoms with van der Waals surface area (Å²) in [5.41, 5.74) is 9.27. The molecule has 4 heterocycles. The minimum absolute atomic E-state index is 0.00231. The number of imidazole rings is 1. The van der Waals surface area contributed by atoms with Crippen LogP contribution in [0.15, 0.2) is 73.7 Å². The van der Waals surface area contributed by atoms with E-state index < -0.39 is 6.23 Å². The molecule has 2 aliphatic rings. The molecule has 0 radical (unpaired) electrons. The lowest BCUT2D eigenvalue weighted by atomic mass is 9.74. The van der Waals surface area contributed by atoms with E-state index in [-0.39, 0.29) is 23.2 Å². The number of nitrogens with zero attached hydrogens (tertiary/aromatic N) is 4. The number of anilines is 2. The number of ether oxygens (including phenoxy) is 1. The smallest absolute Gasteiger partial charge is 0.158 e. The lowest BCUT2D eigenvalue weighted by Crippen LogP contribution is -2.38. The van der Waals surface area contributed by atoms with Crippen LogP contribution < -0.4 is 11.1 Å². The summed E-state index contributed by atoms with van der Waals surface area (Å²) in [6.07, 6.45) is 9.76. The van der Waals surface area contributed by atoms with Gasteiger partial charge in [-0.2, -0.15) is 0 Å². The number of nitrogen functional groups attached to an aromatic ring is 1. The molecule has 0 spiro atoms. The highest BCUT2D eigenvalue weighted by atomic mass is 16.5. The fraction of sp³-hybridized carbons (Fsp3) is 0.333. The summed E-state index contributed by atoms with van der Waals surface area (Å²) in [6, 6.07) is 13.1. The third-order valence-corrected chi connectivity index (χ3v) is 8.18. The number of ketones is 1. The number of rotatable bonds is 7. The van der Waals surface area contributed by atoms with Crippen LogP contribution in [0.5, 0.6) is 0 Å². The topological polar surface area (TPSA) is 128 Å². The molecule has 200 valence electrons. The number of carbonyl (C=O) groups excluding carboxylic acids is 1. The second kappa shape index (κ2) is 10.2. The summed E-state index contributed by atoms with van der Waals surface area (Å²) in [7, 11) is 0. The average molecular weight is 525 g/mol. The minimum atomic E-state index is -0.912. The van der Waals surface area contributed by atoms with Crippen LogP contribution in [0.1, 0.15) is 49.7 Å². The van der Waals surface area contributed by atoms with Crippen LogP contribution >= 0.6 is 0 Å². The number of aliphatic hydroxyl groups excluding tert-OH is 1. The van der Waals surface area contributed by atoms with Gasteiger partial charge in [-0.15, -0.1) is 0 Å². The number of hydrogen-bond acceptors (Lipinski definition) is 8. The zero-order chi connectivity index (χ0) is 27.0. The first kappa shape index (κ1) is 25.2. The number of aliphatic hydroxyl groups is 1. The number of carbonyl (C=O) groups is 1. The number of aromatic nitrogens is 4. The van der Waals surface area contributed by atoms with Gasteiger partial charge in [-0.05, 0) is 50.3 Å². The fourth-order valence-corrected chi connectivity index (χ4v) is 6.16. The summed E-state index contributed by atoms with van der Waals surface area (Å²) >= 11 is 0. The van der Waals surface area contributed by atoms with Crippen molar-refractivity contribution in [3.05, 3.63) is 85.1 Å². The molecule has 9 heteroatoms. The third kappa shape index (κ3) is 4.68. The Labute approximate surface area is 226 Å². The Morgan fingerprint density at radius 2 is 2.05 bits per heavy atom. The van der Waals surface area contributed by atoms with Gasteiger partial charge in [0.25, 0.3) is 0 Å². The van der Waals surface area contributed by atoms with Crippen molar-refractivity contribution >= 4 is 22.9 Å². The lowest BCUT2D eigenvalue weighted by molar-refractivity contribution is -0.119. The predicted octanol–water partition coefficient (Wildman–Crippen LogP) is 4.45. The molecule has 2 unspecified atom stereocenters. The first-order valence-corrected chi connectivity index (χ1v) is 13.3. The zero-order valence-corrected chi connectivity index (χ0v) is 21.7. The van der Waals surface area contributed by atoms with Crippen molar-refractivity contribution in [1.29, 1.82) is 0 Å². The fourth-order valence-electron chi connectivity index (χ4n) is 6.16. The molecule has 2 bridgehead atoms. The van der Waals surface area contributed by atoms with Crippen molar-refractivity contribution < 1.29 is 14.6 Å². The van der Waals surface area contributed by atoms with Crippen LogP contribution in [0, 0.1) is 5.92 Å². The van der Waals surface area contributed by atoms with Gasteiger partial charge in [-0.25, -0.2) is 15.0 Å². The SMILES string of the molecule is C=CC(=O)C1CC[C@]2(c3nc(-c4ccc(C(O)Nc5ccccn5)cc4)c4c(N)nccn34)CCO[C@H](C1)C2. The van der Waals surface area contributed by atoms with Crippen molar-refractivity contribution in [3.8, 4) is 11.3 Å². The van der Waals surface area contributed by atoms with Gasteiger partial charge in [0.15, 0.2) is 12.0 Å². The quantitative estimate of drug-likeness (QED) is 0.239. The molecule has 2 fully saturated rings. The van der Waals surface area contributed by atoms with Crippen molar-refractivity contribution in [2.24, 2.45) is 5.92 Å². The minimum Gasteiger partial charge on any atom is -0.382 e. The van der Waals surface area contributed by atoms with E-state index >= 15 is 0 Å². The second-order valence-electron chi connectivity index (χ2n) is 10.5. The molecule has 3 aromatic heterocycles. The highest BCUT2D eigenvalue weighted by Crippen LogP contribution is 2.47. The number of fused-ring (bicyclic) bond motifs is 3. The molecule has 1 aliphatic carbocycles. The molecule has 1 aromatic carbocycles. The summed E-state index contributed by atoms with van der Waals surface area (Å²) in [5.74, 6) is 1.93. The number of allylic oxidation sites excluding steroid dienone is 1. The Bertz CT molecular complexity index is 1500. The van der Waals surface area contributed by atoms with E-state index in [9.17, 15) is 9.90 Å². The van der Waals surface area contributed by atoms with Gasteiger partial charge in [0, 0.05) is 47.7 Å². The number of hydrogen-bond donors (Lipinski definition) is 3. The van der Waals surface area contributed by atoms with Gasteiger partial charge in [-0.1, -0.05) is 36.9 Å². The number of nitrogens with one attached hydrogen (secondary N) is 1. The first-order chi connectivity index (χ1) is 19.0. The summed E-state index contributed by atoms with van der Waals surface area (Å²) < 4.78 is 8.18. The highest BCUT2D eigenvalue weighted by molar-refractivity contribution is 5.91. The largest absolute Gasteiger partial charge is 0.382 e. The molecule has 4 atom stereocenters.